The van der Waals surface area contributed by atoms with Crippen molar-refractivity contribution in [1.82, 2.24) is 10.7 Å². The maximum atomic E-state index is 11.9. The molecule has 3 rings (SSSR count). The molecule has 0 fully saturated rings. The maximum Gasteiger partial charge on any atom is 0.329 e. The Kier molecular flexibility index (Phi) is 8.30. The van der Waals surface area contributed by atoms with Crippen molar-refractivity contribution in [3.63, 3.8) is 0 Å². The van der Waals surface area contributed by atoms with Gasteiger partial charge >= 0.3 is 11.8 Å². The van der Waals surface area contributed by atoms with Crippen molar-refractivity contribution < 1.29 is 19.1 Å². The van der Waals surface area contributed by atoms with E-state index in [1.807, 2.05) is 49.4 Å². The molecule has 0 atom stereocenters. The molecule has 0 unspecified atom stereocenters. The van der Waals surface area contributed by atoms with Gasteiger partial charge < -0.3 is 15.4 Å². The number of ether oxygens (including phenoxy) is 1. The number of hydrogen-bond acceptors (Lipinski definition) is 5. The first-order valence-electron chi connectivity index (χ1n) is 10.2. The fourth-order valence-corrected chi connectivity index (χ4v) is 2.69. The number of carbonyl (C=O) groups is 3. The number of anilines is 1. The minimum Gasteiger partial charge on any atom is -0.484 e. The topological polar surface area (TPSA) is 109 Å². The summed E-state index contributed by atoms with van der Waals surface area (Å²) in [6, 6.07) is 23.4. The molecule has 3 amide bonds. The molecule has 0 radical (unpaired) electrons. The van der Waals surface area contributed by atoms with Crippen molar-refractivity contribution in [2.75, 3.05) is 11.9 Å². The number of carbonyl (C=O) groups excluding carboxylic acids is 3. The maximum absolute atomic E-state index is 11.9. The van der Waals surface area contributed by atoms with Crippen LogP contribution in [0.3, 0.4) is 0 Å². The molecule has 0 heterocycles. The number of benzene rings is 3. The first-order valence-corrected chi connectivity index (χ1v) is 10.2. The summed E-state index contributed by atoms with van der Waals surface area (Å²) >= 11 is 0. The second kappa shape index (κ2) is 11.8. The van der Waals surface area contributed by atoms with Gasteiger partial charge in [-0.25, -0.2) is 5.43 Å². The second-order valence-corrected chi connectivity index (χ2v) is 7.14. The summed E-state index contributed by atoms with van der Waals surface area (Å²) in [5, 5.41) is 9.07. The van der Waals surface area contributed by atoms with E-state index in [1.165, 1.54) is 6.21 Å². The van der Waals surface area contributed by atoms with Crippen LogP contribution in [0.4, 0.5) is 5.69 Å². The van der Waals surface area contributed by atoms with Crippen LogP contribution in [0, 0.1) is 6.92 Å². The summed E-state index contributed by atoms with van der Waals surface area (Å²) in [6.07, 6.45) is 1.40. The highest BCUT2D eigenvalue weighted by atomic mass is 16.5. The fourth-order valence-electron chi connectivity index (χ4n) is 2.69. The lowest BCUT2D eigenvalue weighted by Gasteiger charge is -2.08. The monoisotopic (exact) mass is 444 g/mol. The number of hydrazone groups is 1. The zero-order chi connectivity index (χ0) is 23.5. The van der Waals surface area contributed by atoms with Gasteiger partial charge in [-0.15, -0.1) is 0 Å². The molecule has 8 heteroatoms. The Labute approximate surface area is 191 Å². The summed E-state index contributed by atoms with van der Waals surface area (Å²) < 4.78 is 5.47. The zero-order valence-electron chi connectivity index (χ0n) is 18.1. The molecule has 3 aromatic carbocycles. The average Bonchev–Trinajstić information content (AvgIpc) is 2.84. The number of nitrogens with one attached hydrogen (secondary N) is 3. The predicted molar refractivity (Wildman–Crippen MR) is 126 cm³/mol. The van der Waals surface area contributed by atoms with E-state index in [9.17, 15) is 14.4 Å². The number of hydrogen-bond donors (Lipinski definition) is 3. The largest absolute Gasteiger partial charge is 0.484 e. The lowest BCUT2D eigenvalue weighted by Crippen LogP contribution is -2.32. The third kappa shape index (κ3) is 7.95. The molecule has 33 heavy (non-hydrogen) atoms. The number of amides is 3. The molecule has 0 aromatic heterocycles. The van der Waals surface area contributed by atoms with Crippen LogP contribution in [-0.2, 0) is 20.9 Å². The standard InChI is InChI=1S/C25H24N4O4/c1-18-7-11-21(12-8-18)28-24(31)25(32)29-27-16-20-9-13-22(14-10-20)33-17-23(30)26-15-19-5-3-2-4-6-19/h2-14,16H,15,17H2,1H3,(H,26,30)(H,28,31)(H,29,32)/b27-16-. The van der Waals surface area contributed by atoms with Gasteiger partial charge in [0.25, 0.3) is 5.91 Å². The molecule has 0 bridgehead atoms. The third-order valence-electron chi connectivity index (χ3n) is 4.48. The van der Waals surface area contributed by atoms with Crippen LogP contribution in [0.25, 0.3) is 0 Å². The Hall–Kier alpha value is -4.46. The lowest BCUT2D eigenvalue weighted by molar-refractivity contribution is -0.136. The number of rotatable bonds is 8. The van der Waals surface area contributed by atoms with Crippen molar-refractivity contribution in [3.8, 4) is 5.75 Å². The van der Waals surface area contributed by atoms with Crippen molar-refractivity contribution in [2.24, 2.45) is 5.10 Å². The van der Waals surface area contributed by atoms with Crippen molar-refractivity contribution in [1.29, 1.82) is 0 Å². The molecule has 0 saturated carbocycles. The number of aryl methyl sites for hydroxylation is 1. The Morgan fingerprint density at radius 3 is 2.27 bits per heavy atom. The number of nitrogens with zero attached hydrogens (tertiary/aromatic N) is 1. The highest BCUT2D eigenvalue weighted by molar-refractivity contribution is 6.39. The summed E-state index contributed by atoms with van der Waals surface area (Å²) in [7, 11) is 0. The molecular weight excluding hydrogens is 420 g/mol. The molecule has 0 spiro atoms. The minimum atomic E-state index is -0.881. The van der Waals surface area contributed by atoms with E-state index in [1.54, 1.807) is 36.4 Å². The van der Waals surface area contributed by atoms with Crippen LogP contribution >= 0.6 is 0 Å². The van der Waals surface area contributed by atoms with Crippen LogP contribution in [-0.4, -0.2) is 30.5 Å². The van der Waals surface area contributed by atoms with Crippen LogP contribution < -0.4 is 20.8 Å². The van der Waals surface area contributed by atoms with Gasteiger partial charge in [0.1, 0.15) is 5.75 Å². The first-order chi connectivity index (χ1) is 16.0. The van der Waals surface area contributed by atoms with Crippen LogP contribution in [0.15, 0.2) is 84.0 Å². The summed E-state index contributed by atoms with van der Waals surface area (Å²) in [4.78, 5) is 35.7. The molecule has 0 saturated heterocycles. The third-order valence-corrected chi connectivity index (χ3v) is 4.48. The van der Waals surface area contributed by atoms with Crippen LogP contribution in [0.5, 0.6) is 5.75 Å². The first kappa shape index (κ1) is 23.2. The summed E-state index contributed by atoms with van der Waals surface area (Å²) in [5.74, 6) is -1.40. The zero-order valence-corrected chi connectivity index (χ0v) is 18.1. The molecule has 8 nitrogen and oxygen atoms in total. The van der Waals surface area contributed by atoms with E-state index in [4.69, 9.17) is 4.74 Å². The van der Waals surface area contributed by atoms with Gasteiger partial charge in [-0.3, -0.25) is 14.4 Å². The van der Waals surface area contributed by atoms with Crippen LogP contribution in [0.1, 0.15) is 16.7 Å². The van der Waals surface area contributed by atoms with E-state index >= 15 is 0 Å². The molecular formula is C25H24N4O4. The highest BCUT2D eigenvalue weighted by Gasteiger charge is 2.12. The predicted octanol–water partition coefficient (Wildman–Crippen LogP) is 2.78. The molecule has 0 aliphatic rings. The Bertz CT molecular complexity index is 1110. The van der Waals surface area contributed by atoms with Crippen molar-refractivity contribution in [3.05, 3.63) is 95.6 Å². The highest BCUT2D eigenvalue weighted by Crippen LogP contribution is 2.11. The Morgan fingerprint density at radius 1 is 0.879 bits per heavy atom. The van der Waals surface area contributed by atoms with E-state index in [0.29, 0.717) is 23.5 Å². The molecule has 3 aromatic rings. The Morgan fingerprint density at radius 2 is 1.58 bits per heavy atom. The van der Waals surface area contributed by atoms with E-state index in [2.05, 4.69) is 21.2 Å². The molecule has 168 valence electrons. The van der Waals surface area contributed by atoms with E-state index in [0.717, 1.165) is 11.1 Å². The SMILES string of the molecule is Cc1ccc(NC(=O)C(=O)N/N=C\c2ccc(OCC(=O)NCc3ccccc3)cc2)cc1. The van der Waals surface area contributed by atoms with Gasteiger partial charge in [0.15, 0.2) is 6.61 Å². The van der Waals surface area contributed by atoms with Gasteiger partial charge in [-0.1, -0.05) is 48.0 Å². The quantitative estimate of drug-likeness (QED) is 0.282. The molecule has 0 aliphatic carbocycles. The normalized spacial score (nSPS) is 10.5. The molecule has 0 aliphatic heterocycles. The van der Waals surface area contributed by atoms with Crippen LogP contribution in [0.2, 0.25) is 0 Å². The lowest BCUT2D eigenvalue weighted by atomic mass is 10.2. The molecule has 3 N–H and O–H groups in total. The van der Waals surface area contributed by atoms with Crippen molar-refractivity contribution in [2.45, 2.75) is 13.5 Å². The van der Waals surface area contributed by atoms with E-state index in [-0.39, 0.29) is 12.5 Å². The fraction of sp³-hybridized carbons (Fsp3) is 0.120. The van der Waals surface area contributed by atoms with Gasteiger partial charge in [0, 0.05) is 12.2 Å². The van der Waals surface area contributed by atoms with Gasteiger partial charge in [-0.05, 0) is 54.4 Å². The van der Waals surface area contributed by atoms with Gasteiger partial charge in [0.2, 0.25) is 0 Å². The van der Waals surface area contributed by atoms with E-state index < -0.39 is 11.8 Å². The van der Waals surface area contributed by atoms with Gasteiger partial charge in [-0.2, -0.15) is 5.10 Å². The van der Waals surface area contributed by atoms with Crippen molar-refractivity contribution >= 4 is 29.6 Å². The average molecular weight is 444 g/mol. The summed E-state index contributed by atoms with van der Waals surface area (Å²) in [5.41, 5.74) is 5.43. The second-order valence-electron chi connectivity index (χ2n) is 7.14. The Balaban J connectivity index is 1.39. The van der Waals surface area contributed by atoms with Gasteiger partial charge in [0.05, 0.1) is 6.21 Å². The summed E-state index contributed by atoms with van der Waals surface area (Å²) in [6.45, 7) is 2.26. The smallest absolute Gasteiger partial charge is 0.329 e. The minimum absolute atomic E-state index is 0.105.